The zero-order valence-electron chi connectivity index (χ0n) is 16.9. The molecule has 6 aromatic rings. The summed E-state index contributed by atoms with van der Waals surface area (Å²) in [4.78, 5) is 3.68. The first-order chi connectivity index (χ1) is 15.4. The second kappa shape index (κ2) is 6.20. The lowest BCUT2D eigenvalue weighted by molar-refractivity contribution is 1.52. The molecule has 0 spiro atoms. The first kappa shape index (κ1) is 16.7. The lowest BCUT2D eigenvalue weighted by Gasteiger charge is -2.18. The zero-order chi connectivity index (χ0) is 20.4. The number of aromatic nitrogens is 1. The molecule has 0 unspecified atom stereocenters. The quantitative estimate of drug-likeness (QED) is 0.308. The molecular formula is C30H19N. The van der Waals surface area contributed by atoms with Crippen LogP contribution in [0.5, 0.6) is 0 Å². The van der Waals surface area contributed by atoms with Crippen LogP contribution in [0.1, 0.15) is 22.3 Å². The molecule has 1 N–H and O–H groups in total. The molecule has 7 rings (SSSR count). The Labute approximate surface area is 180 Å². The number of nitrogens with one attached hydrogen (secondary N) is 1. The summed E-state index contributed by atoms with van der Waals surface area (Å²) in [5, 5.41) is 5.27. The van der Waals surface area contributed by atoms with Crippen molar-refractivity contribution in [3.8, 4) is 0 Å². The molecule has 0 fully saturated rings. The Morgan fingerprint density at radius 3 is 1.65 bits per heavy atom. The lowest BCUT2D eigenvalue weighted by Crippen LogP contribution is -1.97. The molecule has 1 heteroatoms. The second-order valence-electron chi connectivity index (χ2n) is 8.23. The Bertz CT molecular complexity index is 1600. The first-order valence-corrected chi connectivity index (χ1v) is 10.7. The first-order valence-electron chi connectivity index (χ1n) is 10.7. The monoisotopic (exact) mass is 393 g/mol. The molecule has 0 aliphatic heterocycles. The van der Waals surface area contributed by atoms with Crippen molar-refractivity contribution in [3.63, 3.8) is 0 Å². The van der Waals surface area contributed by atoms with E-state index in [4.69, 9.17) is 0 Å². The fourth-order valence-corrected chi connectivity index (χ4v) is 5.31. The molecular weight excluding hydrogens is 374 g/mol. The van der Waals surface area contributed by atoms with Crippen LogP contribution in [-0.2, 0) is 0 Å². The molecule has 0 atom stereocenters. The Morgan fingerprint density at radius 1 is 0.387 bits per heavy atom. The summed E-state index contributed by atoms with van der Waals surface area (Å²) in [5.41, 5.74) is 10.1. The van der Waals surface area contributed by atoms with Crippen LogP contribution in [0.3, 0.4) is 0 Å². The molecule has 144 valence electrons. The summed E-state index contributed by atoms with van der Waals surface area (Å²) >= 11 is 0. The fourth-order valence-electron chi connectivity index (χ4n) is 5.31. The van der Waals surface area contributed by atoms with Crippen molar-refractivity contribution in [2.45, 2.75) is 0 Å². The molecule has 1 aromatic heterocycles. The number of hydrogen-bond donors (Lipinski definition) is 1. The summed E-state index contributed by atoms with van der Waals surface area (Å²) in [5.74, 6) is 0. The topological polar surface area (TPSA) is 15.8 Å². The van der Waals surface area contributed by atoms with Crippen molar-refractivity contribution in [1.82, 2.24) is 4.98 Å². The van der Waals surface area contributed by atoms with Crippen LogP contribution in [0.15, 0.2) is 109 Å². The van der Waals surface area contributed by atoms with Crippen molar-refractivity contribution < 1.29 is 0 Å². The van der Waals surface area contributed by atoms with Crippen LogP contribution in [-0.4, -0.2) is 4.98 Å². The van der Waals surface area contributed by atoms with Crippen LogP contribution in [0.2, 0.25) is 0 Å². The molecule has 1 aliphatic carbocycles. The van der Waals surface area contributed by atoms with Gasteiger partial charge in [-0.2, -0.15) is 0 Å². The number of H-pyrrole nitrogens is 1. The van der Waals surface area contributed by atoms with E-state index in [1.807, 2.05) is 0 Å². The van der Waals surface area contributed by atoms with Crippen molar-refractivity contribution in [2.75, 3.05) is 0 Å². The van der Waals surface area contributed by atoms with E-state index in [0.717, 1.165) is 0 Å². The van der Waals surface area contributed by atoms with E-state index in [0.29, 0.717) is 0 Å². The highest BCUT2D eigenvalue weighted by atomic mass is 14.7. The molecule has 1 nitrogen and oxygen atoms in total. The third-order valence-corrected chi connectivity index (χ3v) is 6.54. The zero-order valence-corrected chi connectivity index (χ0v) is 16.9. The van der Waals surface area contributed by atoms with Gasteiger partial charge in [-0.1, -0.05) is 97.1 Å². The highest BCUT2D eigenvalue weighted by molar-refractivity contribution is 6.30. The van der Waals surface area contributed by atoms with Crippen LogP contribution in [0.25, 0.3) is 43.7 Å². The van der Waals surface area contributed by atoms with Gasteiger partial charge in [-0.25, -0.2) is 0 Å². The van der Waals surface area contributed by atoms with Crippen molar-refractivity contribution in [2.24, 2.45) is 0 Å². The van der Waals surface area contributed by atoms with Gasteiger partial charge in [-0.05, 0) is 56.3 Å². The summed E-state index contributed by atoms with van der Waals surface area (Å²) in [7, 11) is 0. The maximum Gasteiger partial charge on any atom is 0.0471 e. The summed E-state index contributed by atoms with van der Waals surface area (Å²) in [6.45, 7) is 0. The minimum Gasteiger partial charge on any atom is -0.354 e. The Kier molecular flexibility index (Phi) is 3.33. The smallest absolute Gasteiger partial charge is 0.0471 e. The van der Waals surface area contributed by atoms with E-state index in [1.54, 1.807) is 0 Å². The summed E-state index contributed by atoms with van der Waals surface area (Å²) in [6.07, 6.45) is 0. The standard InChI is InChI=1S/C30H19N/c1-3-9-19(10-4-1)26-22-14-7-13-21-17-18-25-30(28(21)22)29-23(15-8-16-24(29)31-25)27(26)20-11-5-2-6-12-20/h1-18,31H. The highest BCUT2D eigenvalue weighted by Crippen LogP contribution is 2.48. The third kappa shape index (κ3) is 2.26. The van der Waals surface area contributed by atoms with Gasteiger partial charge in [0.05, 0.1) is 0 Å². The van der Waals surface area contributed by atoms with Crippen molar-refractivity contribution in [3.05, 3.63) is 131 Å². The molecule has 0 bridgehead atoms. The van der Waals surface area contributed by atoms with E-state index in [9.17, 15) is 0 Å². The predicted octanol–water partition coefficient (Wildman–Crippen LogP) is 7.80. The normalized spacial score (nSPS) is 13.0. The fraction of sp³-hybridized carbons (Fsp3) is 0. The van der Waals surface area contributed by atoms with Gasteiger partial charge >= 0.3 is 0 Å². The van der Waals surface area contributed by atoms with Crippen LogP contribution in [0.4, 0.5) is 0 Å². The average molecular weight is 393 g/mol. The second-order valence-corrected chi connectivity index (χ2v) is 8.23. The Balaban J connectivity index is 1.81. The molecule has 0 saturated heterocycles. The van der Waals surface area contributed by atoms with Gasteiger partial charge in [0.15, 0.2) is 0 Å². The third-order valence-electron chi connectivity index (χ3n) is 6.54. The number of aromatic amines is 1. The maximum atomic E-state index is 3.68. The van der Waals surface area contributed by atoms with E-state index in [-0.39, 0.29) is 0 Å². The highest BCUT2D eigenvalue weighted by Gasteiger charge is 2.25. The molecule has 5 aromatic carbocycles. The largest absolute Gasteiger partial charge is 0.354 e. The SMILES string of the molecule is c1ccc(C2=C(c3ccccc3)c3cccc4[nH]c5ccc6cccc2c6c5c34)cc1. The van der Waals surface area contributed by atoms with Gasteiger partial charge < -0.3 is 4.98 Å². The van der Waals surface area contributed by atoms with Crippen LogP contribution in [0, 0.1) is 0 Å². The van der Waals surface area contributed by atoms with Crippen LogP contribution >= 0.6 is 0 Å². The minimum atomic E-state index is 1.19. The van der Waals surface area contributed by atoms with Gasteiger partial charge in [-0.3, -0.25) is 0 Å². The average Bonchev–Trinajstić information content (AvgIpc) is 3.16. The van der Waals surface area contributed by atoms with Gasteiger partial charge in [0, 0.05) is 21.8 Å². The molecule has 0 radical (unpaired) electrons. The number of hydrogen-bond acceptors (Lipinski definition) is 0. The van der Waals surface area contributed by atoms with Crippen molar-refractivity contribution in [1.29, 1.82) is 0 Å². The van der Waals surface area contributed by atoms with Gasteiger partial charge in [-0.15, -0.1) is 0 Å². The molecule has 1 aliphatic rings. The summed E-state index contributed by atoms with van der Waals surface area (Å²) < 4.78 is 0. The molecule has 0 saturated carbocycles. The van der Waals surface area contributed by atoms with Crippen molar-refractivity contribution >= 4 is 43.7 Å². The number of rotatable bonds is 2. The van der Waals surface area contributed by atoms with Gasteiger partial charge in [0.25, 0.3) is 0 Å². The van der Waals surface area contributed by atoms with E-state index < -0.39 is 0 Å². The minimum absolute atomic E-state index is 1.19. The summed E-state index contributed by atoms with van der Waals surface area (Å²) in [6, 6.07) is 39.5. The van der Waals surface area contributed by atoms with Gasteiger partial charge in [0.1, 0.15) is 0 Å². The Hall–Kier alpha value is -4.10. The lowest BCUT2D eigenvalue weighted by atomic mass is 9.85. The van der Waals surface area contributed by atoms with Gasteiger partial charge in [0.2, 0.25) is 0 Å². The van der Waals surface area contributed by atoms with Crippen LogP contribution < -0.4 is 0 Å². The predicted molar refractivity (Wildman–Crippen MR) is 131 cm³/mol. The van der Waals surface area contributed by atoms with E-state index in [1.165, 1.54) is 66.0 Å². The Morgan fingerprint density at radius 2 is 0.968 bits per heavy atom. The van der Waals surface area contributed by atoms with E-state index >= 15 is 0 Å². The molecule has 1 heterocycles. The number of benzene rings is 5. The van der Waals surface area contributed by atoms with E-state index in [2.05, 4.69) is 114 Å². The maximum absolute atomic E-state index is 3.68. The molecule has 0 amide bonds. The molecule has 31 heavy (non-hydrogen) atoms.